The summed E-state index contributed by atoms with van der Waals surface area (Å²) in [6.07, 6.45) is 2.41. The topological polar surface area (TPSA) is 50.4 Å². The molecule has 0 aliphatic heterocycles. The average molecular weight is 359 g/mol. The second kappa shape index (κ2) is 7.89. The molecule has 0 bridgehead atoms. The molecular formula is C20H23ClN2O2. The maximum Gasteiger partial charge on any atom is 0.241 e. The quantitative estimate of drug-likeness (QED) is 0.770. The van der Waals surface area contributed by atoms with Crippen LogP contribution in [-0.2, 0) is 4.79 Å². The molecule has 1 aliphatic rings. The highest BCUT2D eigenvalue weighted by Crippen LogP contribution is 2.41. The molecule has 1 fully saturated rings. The van der Waals surface area contributed by atoms with Crippen LogP contribution in [0.4, 0.5) is 5.69 Å². The zero-order valence-electron chi connectivity index (χ0n) is 14.5. The Morgan fingerprint density at radius 3 is 2.52 bits per heavy atom. The Kier molecular flexibility index (Phi) is 5.61. The maximum atomic E-state index is 12.5. The van der Waals surface area contributed by atoms with E-state index >= 15 is 0 Å². The fraction of sp³-hybridized carbons (Fsp3) is 0.350. The summed E-state index contributed by atoms with van der Waals surface area (Å²) < 4.78 is 5.13. The van der Waals surface area contributed by atoms with Gasteiger partial charge in [-0.1, -0.05) is 41.9 Å². The van der Waals surface area contributed by atoms with Gasteiger partial charge in [0, 0.05) is 11.7 Å². The minimum Gasteiger partial charge on any atom is -0.495 e. The molecule has 1 aliphatic carbocycles. The molecule has 25 heavy (non-hydrogen) atoms. The van der Waals surface area contributed by atoms with Gasteiger partial charge in [-0.3, -0.25) is 10.1 Å². The number of halogens is 1. The van der Waals surface area contributed by atoms with Crippen molar-refractivity contribution in [1.29, 1.82) is 0 Å². The van der Waals surface area contributed by atoms with E-state index in [-0.39, 0.29) is 18.0 Å². The van der Waals surface area contributed by atoms with Crippen molar-refractivity contribution < 1.29 is 9.53 Å². The Morgan fingerprint density at radius 1 is 1.20 bits per heavy atom. The largest absolute Gasteiger partial charge is 0.495 e. The van der Waals surface area contributed by atoms with Crippen LogP contribution in [0.1, 0.15) is 31.4 Å². The number of rotatable bonds is 7. The van der Waals surface area contributed by atoms with Gasteiger partial charge in [-0.05, 0) is 49.4 Å². The first-order valence-electron chi connectivity index (χ1n) is 8.54. The molecule has 3 rings (SSSR count). The van der Waals surface area contributed by atoms with Crippen LogP contribution in [0.25, 0.3) is 0 Å². The lowest BCUT2D eigenvalue weighted by molar-refractivity contribution is -0.118. The molecule has 5 heteroatoms. The molecule has 132 valence electrons. The molecule has 2 aromatic carbocycles. The molecule has 1 amide bonds. The normalized spacial score (nSPS) is 16.1. The standard InChI is InChI=1S/C20H23ClN2O2/c1-13(20(24)23-16-10-11-18(25-2)17(21)12-16)22-19(15-8-9-15)14-6-4-3-5-7-14/h3-7,10-13,15,19,22H,8-9H2,1-2H3,(H,23,24)/t13-,19+/m0/s1. The highest BCUT2D eigenvalue weighted by atomic mass is 35.5. The number of hydrogen-bond donors (Lipinski definition) is 2. The van der Waals surface area contributed by atoms with Crippen LogP contribution in [0.3, 0.4) is 0 Å². The molecule has 0 aromatic heterocycles. The molecule has 2 aromatic rings. The smallest absolute Gasteiger partial charge is 0.241 e. The lowest BCUT2D eigenvalue weighted by atomic mass is 10.0. The van der Waals surface area contributed by atoms with E-state index in [1.54, 1.807) is 25.3 Å². The van der Waals surface area contributed by atoms with Gasteiger partial charge in [0.2, 0.25) is 5.91 Å². The Bertz CT molecular complexity index is 732. The molecule has 0 saturated heterocycles. The van der Waals surface area contributed by atoms with Crippen LogP contribution < -0.4 is 15.4 Å². The first kappa shape index (κ1) is 17.8. The maximum absolute atomic E-state index is 12.5. The Morgan fingerprint density at radius 2 is 1.92 bits per heavy atom. The predicted octanol–water partition coefficient (Wildman–Crippen LogP) is 4.42. The summed E-state index contributed by atoms with van der Waals surface area (Å²) >= 11 is 6.11. The predicted molar refractivity (Wildman–Crippen MR) is 101 cm³/mol. The molecule has 0 spiro atoms. The fourth-order valence-electron chi connectivity index (χ4n) is 2.93. The summed E-state index contributed by atoms with van der Waals surface area (Å²) in [5, 5.41) is 6.86. The minimum atomic E-state index is -0.313. The number of hydrogen-bond acceptors (Lipinski definition) is 3. The van der Waals surface area contributed by atoms with Gasteiger partial charge < -0.3 is 10.1 Å². The molecule has 0 unspecified atom stereocenters. The second-order valence-electron chi connectivity index (χ2n) is 6.45. The number of ether oxygens (including phenoxy) is 1. The minimum absolute atomic E-state index is 0.0807. The van der Waals surface area contributed by atoms with Gasteiger partial charge in [-0.25, -0.2) is 0 Å². The number of carbonyl (C=O) groups is 1. The van der Waals surface area contributed by atoms with Crippen molar-refractivity contribution in [3.8, 4) is 5.75 Å². The van der Waals surface area contributed by atoms with E-state index in [0.717, 1.165) is 0 Å². The molecule has 2 atom stereocenters. The van der Waals surface area contributed by atoms with Crippen molar-refractivity contribution in [2.24, 2.45) is 5.92 Å². The van der Waals surface area contributed by atoms with E-state index in [4.69, 9.17) is 16.3 Å². The lowest BCUT2D eigenvalue weighted by Crippen LogP contribution is -2.40. The van der Waals surface area contributed by atoms with Crippen LogP contribution in [-0.4, -0.2) is 19.1 Å². The third kappa shape index (κ3) is 4.53. The Balaban J connectivity index is 1.64. The number of carbonyl (C=O) groups excluding carboxylic acids is 1. The molecule has 0 radical (unpaired) electrons. The van der Waals surface area contributed by atoms with Crippen LogP contribution in [0.2, 0.25) is 5.02 Å². The van der Waals surface area contributed by atoms with Gasteiger partial charge in [-0.2, -0.15) is 0 Å². The highest BCUT2D eigenvalue weighted by molar-refractivity contribution is 6.32. The van der Waals surface area contributed by atoms with Gasteiger partial charge in [0.05, 0.1) is 18.2 Å². The van der Waals surface area contributed by atoms with E-state index in [1.165, 1.54) is 18.4 Å². The molecule has 4 nitrogen and oxygen atoms in total. The van der Waals surface area contributed by atoms with Crippen LogP contribution in [0.5, 0.6) is 5.75 Å². The van der Waals surface area contributed by atoms with Gasteiger partial charge in [0.15, 0.2) is 0 Å². The third-order valence-electron chi connectivity index (χ3n) is 4.49. The summed E-state index contributed by atoms with van der Waals surface area (Å²) in [6.45, 7) is 1.89. The summed E-state index contributed by atoms with van der Waals surface area (Å²) in [5.41, 5.74) is 1.89. The monoisotopic (exact) mass is 358 g/mol. The second-order valence-corrected chi connectivity index (χ2v) is 6.86. The summed E-state index contributed by atoms with van der Waals surface area (Å²) in [7, 11) is 1.56. The first-order valence-corrected chi connectivity index (χ1v) is 8.91. The SMILES string of the molecule is COc1ccc(NC(=O)[C@H](C)N[C@H](c2ccccc2)C2CC2)cc1Cl. The van der Waals surface area contributed by atoms with E-state index in [0.29, 0.717) is 22.4 Å². The summed E-state index contributed by atoms with van der Waals surface area (Å²) in [4.78, 5) is 12.5. The van der Waals surface area contributed by atoms with Crippen molar-refractivity contribution in [1.82, 2.24) is 5.32 Å². The number of anilines is 1. The zero-order chi connectivity index (χ0) is 17.8. The van der Waals surface area contributed by atoms with Crippen LogP contribution in [0.15, 0.2) is 48.5 Å². The van der Waals surface area contributed by atoms with Gasteiger partial charge >= 0.3 is 0 Å². The third-order valence-corrected chi connectivity index (χ3v) is 4.79. The fourth-order valence-corrected chi connectivity index (χ4v) is 3.19. The molecule has 0 heterocycles. The number of methoxy groups -OCH3 is 1. The zero-order valence-corrected chi connectivity index (χ0v) is 15.2. The van der Waals surface area contributed by atoms with E-state index < -0.39 is 0 Å². The van der Waals surface area contributed by atoms with Crippen LogP contribution in [0, 0.1) is 5.92 Å². The highest BCUT2D eigenvalue weighted by Gasteiger charge is 2.33. The van der Waals surface area contributed by atoms with Crippen molar-refractivity contribution in [3.05, 3.63) is 59.1 Å². The van der Waals surface area contributed by atoms with Crippen molar-refractivity contribution in [3.63, 3.8) is 0 Å². The van der Waals surface area contributed by atoms with Gasteiger partial charge in [0.25, 0.3) is 0 Å². The first-order chi connectivity index (χ1) is 12.1. The van der Waals surface area contributed by atoms with Crippen molar-refractivity contribution >= 4 is 23.2 Å². The van der Waals surface area contributed by atoms with Crippen LogP contribution >= 0.6 is 11.6 Å². The Hall–Kier alpha value is -2.04. The molecule has 1 saturated carbocycles. The Labute approximate surface area is 153 Å². The summed E-state index contributed by atoms with van der Waals surface area (Å²) in [5.74, 6) is 1.11. The lowest BCUT2D eigenvalue weighted by Gasteiger charge is -2.23. The molecular weight excluding hydrogens is 336 g/mol. The van der Waals surface area contributed by atoms with E-state index in [9.17, 15) is 4.79 Å². The van der Waals surface area contributed by atoms with Crippen molar-refractivity contribution in [2.75, 3.05) is 12.4 Å². The molecule has 2 N–H and O–H groups in total. The van der Waals surface area contributed by atoms with Crippen molar-refractivity contribution in [2.45, 2.75) is 31.8 Å². The van der Waals surface area contributed by atoms with E-state index in [2.05, 4.69) is 22.8 Å². The number of nitrogens with one attached hydrogen (secondary N) is 2. The summed E-state index contributed by atoms with van der Waals surface area (Å²) in [6, 6.07) is 15.4. The van der Waals surface area contributed by atoms with E-state index in [1.807, 2.05) is 25.1 Å². The van der Waals surface area contributed by atoms with Gasteiger partial charge in [-0.15, -0.1) is 0 Å². The average Bonchev–Trinajstić information content (AvgIpc) is 3.45. The number of amides is 1. The number of benzene rings is 2. The van der Waals surface area contributed by atoms with Gasteiger partial charge in [0.1, 0.15) is 5.75 Å².